The highest BCUT2D eigenvalue weighted by Gasteiger charge is 2.19. The summed E-state index contributed by atoms with van der Waals surface area (Å²) in [5.74, 6) is 0. The van der Waals surface area contributed by atoms with Gasteiger partial charge in [-0.2, -0.15) is 0 Å². The maximum Gasteiger partial charge on any atom is 0.153 e. The first-order valence-electron chi connectivity index (χ1n) is 17.6. The van der Waals surface area contributed by atoms with E-state index in [1.807, 2.05) is 12.3 Å². The number of pyridine rings is 1. The molecule has 0 unspecified atom stereocenters. The van der Waals surface area contributed by atoms with Crippen LogP contribution >= 0.6 is 0 Å². The summed E-state index contributed by atoms with van der Waals surface area (Å²) >= 11 is 0. The van der Waals surface area contributed by atoms with E-state index in [9.17, 15) is 0 Å². The van der Waals surface area contributed by atoms with Crippen molar-refractivity contribution in [2.24, 2.45) is 0 Å². The van der Waals surface area contributed by atoms with Crippen LogP contribution in [-0.2, 0) is 0 Å². The minimum absolute atomic E-state index is 0.801. The number of rotatable bonds is 3. The van der Waals surface area contributed by atoms with Crippen molar-refractivity contribution in [3.05, 3.63) is 170 Å². The first kappa shape index (κ1) is 27.7. The summed E-state index contributed by atoms with van der Waals surface area (Å²) in [4.78, 5) is 4.26. The minimum Gasteiger partial charge on any atom is -0.454 e. The van der Waals surface area contributed by atoms with Crippen molar-refractivity contribution in [2.75, 3.05) is 0 Å². The van der Waals surface area contributed by atoms with Crippen molar-refractivity contribution >= 4 is 87.4 Å². The van der Waals surface area contributed by atoms with Crippen molar-refractivity contribution < 1.29 is 4.42 Å². The predicted octanol–water partition coefficient (Wildman–Crippen LogP) is 12.3. The summed E-state index contributed by atoms with van der Waals surface area (Å²) in [6, 6.07) is 57.2. The van der Waals surface area contributed by atoms with Crippen LogP contribution in [-0.4, -0.2) is 18.7 Å². The molecule has 0 N–H and O–H groups in total. The zero-order valence-corrected chi connectivity index (χ0v) is 27.9. The molecule has 12 aromatic rings. The largest absolute Gasteiger partial charge is 0.454 e. The highest BCUT2D eigenvalue weighted by atomic mass is 16.3. The zero-order valence-electron chi connectivity index (χ0n) is 27.9. The van der Waals surface area contributed by atoms with Crippen LogP contribution in [0.25, 0.3) is 104 Å². The van der Waals surface area contributed by atoms with Gasteiger partial charge in [0.05, 0.1) is 39.3 Å². The lowest BCUT2D eigenvalue weighted by atomic mass is 10.1. The SMILES string of the molecule is c1ccc2c(c1)c1ccccc1n2-c1ccc2c(c1)c1ccccc1n2-c1ccc2c(c1)c1ccccc1n2-c1ccc2oc3cnccc3c2c1. The summed E-state index contributed by atoms with van der Waals surface area (Å²) in [5, 5.41) is 9.58. The van der Waals surface area contributed by atoms with E-state index in [0.717, 1.165) is 44.5 Å². The number of furan rings is 1. The molecule has 0 fully saturated rings. The maximum atomic E-state index is 6.12. The Hall–Kier alpha value is -7.11. The molecule has 12 rings (SSSR count). The van der Waals surface area contributed by atoms with Crippen LogP contribution in [0, 0.1) is 0 Å². The molecule has 0 aliphatic heterocycles. The second kappa shape index (κ2) is 10.2. The molecule has 0 aliphatic carbocycles. The van der Waals surface area contributed by atoms with Gasteiger partial charge in [0.1, 0.15) is 5.58 Å². The fraction of sp³-hybridized carbons (Fsp3) is 0. The molecule has 52 heavy (non-hydrogen) atoms. The molecule has 0 bridgehead atoms. The third-order valence-corrected chi connectivity index (χ3v) is 10.9. The van der Waals surface area contributed by atoms with Crippen molar-refractivity contribution in [3.8, 4) is 17.1 Å². The summed E-state index contributed by atoms with van der Waals surface area (Å²) in [5.41, 5.74) is 12.2. The lowest BCUT2D eigenvalue weighted by molar-refractivity contribution is 0.667. The van der Waals surface area contributed by atoms with Crippen LogP contribution in [0.2, 0.25) is 0 Å². The van der Waals surface area contributed by atoms with Gasteiger partial charge in [0.15, 0.2) is 5.58 Å². The summed E-state index contributed by atoms with van der Waals surface area (Å²) in [7, 11) is 0. The van der Waals surface area contributed by atoms with E-state index < -0.39 is 0 Å². The number of aromatic nitrogens is 4. The highest BCUT2D eigenvalue weighted by Crippen LogP contribution is 2.40. The fourth-order valence-corrected chi connectivity index (χ4v) is 8.72. The number of hydrogen-bond acceptors (Lipinski definition) is 2. The van der Waals surface area contributed by atoms with Gasteiger partial charge in [-0.1, -0.05) is 72.8 Å². The molecule has 5 aromatic heterocycles. The van der Waals surface area contributed by atoms with E-state index in [1.54, 1.807) is 6.20 Å². The van der Waals surface area contributed by atoms with Crippen LogP contribution in [0.4, 0.5) is 0 Å². The van der Waals surface area contributed by atoms with Gasteiger partial charge < -0.3 is 18.1 Å². The Kier molecular flexibility index (Phi) is 5.44. The minimum atomic E-state index is 0.801. The average Bonchev–Trinajstić information content (AvgIpc) is 3.93. The Morgan fingerprint density at radius 1 is 0.327 bits per heavy atom. The standard InChI is InChI=1S/C47H28N4O/c1-5-13-40-32(9-1)33-10-2-6-14-41(33)49(40)29-17-20-44-37(25-29)34-11-3-7-15-42(34)50(44)30-18-21-45-38(26-30)35-12-4-8-16-43(35)51(45)31-19-22-46-39(27-31)36-23-24-48-28-47(36)52-46/h1-28H. The van der Waals surface area contributed by atoms with E-state index in [-0.39, 0.29) is 0 Å². The summed E-state index contributed by atoms with van der Waals surface area (Å²) in [6.45, 7) is 0. The third kappa shape index (κ3) is 3.69. The fourth-order valence-electron chi connectivity index (χ4n) is 8.72. The smallest absolute Gasteiger partial charge is 0.153 e. The molecule has 0 radical (unpaired) electrons. The molecule has 0 atom stereocenters. The molecule has 5 heteroatoms. The summed E-state index contributed by atoms with van der Waals surface area (Å²) < 4.78 is 13.3. The van der Waals surface area contributed by atoms with E-state index >= 15 is 0 Å². The Labute approximate surface area is 296 Å². The molecule has 0 spiro atoms. The van der Waals surface area contributed by atoms with Gasteiger partial charge in [0.2, 0.25) is 0 Å². The lowest BCUT2D eigenvalue weighted by Gasteiger charge is -2.11. The second-order valence-corrected chi connectivity index (χ2v) is 13.6. The quantitative estimate of drug-likeness (QED) is 0.189. The number of hydrogen-bond donors (Lipinski definition) is 0. The average molecular weight is 665 g/mol. The van der Waals surface area contributed by atoms with Gasteiger partial charge in [-0.3, -0.25) is 4.98 Å². The molecule has 0 saturated carbocycles. The second-order valence-electron chi connectivity index (χ2n) is 13.6. The molecule has 5 heterocycles. The van der Waals surface area contributed by atoms with Crippen LogP contribution in [0.3, 0.4) is 0 Å². The highest BCUT2D eigenvalue weighted by molar-refractivity contribution is 6.14. The van der Waals surface area contributed by atoms with E-state index in [2.05, 4.69) is 170 Å². The van der Waals surface area contributed by atoms with Gasteiger partial charge in [-0.15, -0.1) is 0 Å². The van der Waals surface area contributed by atoms with Gasteiger partial charge in [0, 0.05) is 66.3 Å². The van der Waals surface area contributed by atoms with E-state index in [4.69, 9.17) is 4.42 Å². The lowest BCUT2D eigenvalue weighted by Crippen LogP contribution is -1.96. The predicted molar refractivity (Wildman–Crippen MR) is 215 cm³/mol. The third-order valence-electron chi connectivity index (χ3n) is 10.9. The number of fused-ring (bicyclic) bond motifs is 12. The van der Waals surface area contributed by atoms with Gasteiger partial charge >= 0.3 is 0 Å². The number of nitrogens with zero attached hydrogens (tertiary/aromatic N) is 4. The van der Waals surface area contributed by atoms with Crippen LogP contribution in [0.15, 0.2) is 175 Å². The van der Waals surface area contributed by atoms with Crippen molar-refractivity contribution in [1.29, 1.82) is 0 Å². The van der Waals surface area contributed by atoms with Gasteiger partial charge in [0.25, 0.3) is 0 Å². The van der Waals surface area contributed by atoms with E-state index in [0.29, 0.717) is 0 Å². The topological polar surface area (TPSA) is 40.8 Å². The normalized spacial score (nSPS) is 12.2. The van der Waals surface area contributed by atoms with Crippen LogP contribution < -0.4 is 0 Å². The zero-order chi connectivity index (χ0) is 33.9. The molecule has 0 saturated heterocycles. The molecule has 0 aliphatic rings. The van der Waals surface area contributed by atoms with Crippen molar-refractivity contribution in [3.63, 3.8) is 0 Å². The molecular weight excluding hydrogens is 637 g/mol. The Morgan fingerprint density at radius 3 is 1.23 bits per heavy atom. The van der Waals surface area contributed by atoms with E-state index in [1.165, 1.54) is 59.9 Å². The summed E-state index contributed by atoms with van der Waals surface area (Å²) in [6.07, 6.45) is 3.61. The first-order valence-corrected chi connectivity index (χ1v) is 17.6. The molecule has 242 valence electrons. The molecular formula is C47H28N4O. The molecule has 0 amide bonds. The van der Waals surface area contributed by atoms with Crippen molar-refractivity contribution in [2.45, 2.75) is 0 Å². The Bertz CT molecular complexity index is 3370. The molecule has 5 nitrogen and oxygen atoms in total. The first-order chi connectivity index (χ1) is 25.8. The van der Waals surface area contributed by atoms with Crippen LogP contribution in [0.1, 0.15) is 0 Å². The Morgan fingerprint density at radius 2 is 0.731 bits per heavy atom. The van der Waals surface area contributed by atoms with Gasteiger partial charge in [-0.05, 0) is 84.9 Å². The van der Waals surface area contributed by atoms with Crippen molar-refractivity contribution in [1.82, 2.24) is 18.7 Å². The Balaban J connectivity index is 1.08. The number of para-hydroxylation sites is 4. The maximum absolute atomic E-state index is 6.12. The molecule has 7 aromatic carbocycles. The van der Waals surface area contributed by atoms with Crippen LogP contribution in [0.5, 0.6) is 0 Å². The van der Waals surface area contributed by atoms with Gasteiger partial charge in [-0.25, -0.2) is 0 Å². The number of benzene rings is 7. The monoisotopic (exact) mass is 664 g/mol.